The molecule has 1 heterocycles. The van der Waals surface area contributed by atoms with Crippen LogP contribution in [0.15, 0.2) is 15.9 Å². The summed E-state index contributed by atoms with van der Waals surface area (Å²) in [6, 6.07) is 3.08. The normalized spacial score (nSPS) is 9.83. The van der Waals surface area contributed by atoms with E-state index in [0.717, 1.165) is 8.66 Å². The number of urea groups is 1. The van der Waals surface area contributed by atoms with Crippen molar-refractivity contribution in [2.24, 2.45) is 0 Å². The zero-order chi connectivity index (χ0) is 13.5. The fourth-order valence-corrected chi connectivity index (χ4v) is 2.49. The van der Waals surface area contributed by atoms with E-state index in [1.165, 1.54) is 11.3 Å². The van der Waals surface area contributed by atoms with Gasteiger partial charge in [-0.3, -0.25) is 14.9 Å². The highest BCUT2D eigenvalue weighted by atomic mass is 79.9. The first-order valence-electron chi connectivity index (χ1n) is 5.01. The maximum Gasteiger partial charge on any atom is 0.321 e. The SMILES string of the molecule is O=C(O)CCC(=O)NC(=O)NCc1ccc(Br)s1. The number of thiophene rings is 1. The molecule has 1 rings (SSSR count). The first kappa shape index (κ1) is 14.7. The molecule has 3 N–H and O–H groups in total. The fraction of sp³-hybridized carbons (Fsp3) is 0.300. The molecule has 0 radical (unpaired) electrons. The maximum absolute atomic E-state index is 11.3. The molecule has 0 saturated heterocycles. The number of carbonyl (C=O) groups is 3. The van der Waals surface area contributed by atoms with E-state index in [2.05, 4.69) is 26.6 Å². The van der Waals surface area contributed by atoms with Gasteiger partial charge in [-0.1, -0.05) is 0 Å². The molecule has 3 amide bonds. The van der Waals surface area contributed by atoms with Gasteiger partial charge in [-0.2, -0.15) is 0 Å². The summed E-state index contributed by atoms with van der Waals surface area (Å²) in [6.45, 7) is 0.314. The van der Waals surface area contributed by atoms with Gasteiger partial charge in [0.2, 0.25) is 5.91 Å². The molecule has 0 unspecified atom stereocenters. The second kappa shape index (κ2) is 7.12. The van der Waals surface area contributed by atoms with Crippen LogP contribution < -0.4 is 10.6 Å². The zero-order valence-corrected chi connectivity index (χ0v) is 11.6. The van der Waals surface area contributed by atoms with Crippen LogP contribution in [-0.4, -0.2) is 23.0 Å². The summed E-state index contributed by atoms with van der Waals surface area (Å²) in [5, 5.41) is 12.9. The maximum atomic E-state index is 11.3. The van der Waals surface area contributed by atoms with Crippen molar-refractivity contribution in [2.75, 3.05) is 0 Å². The van der Waals surface area contributed by atoms with Crippen molar-refractivity contribution in [1.82, 2.24) is 10.6 Å². The quantitative estimate of drug-likeness (QED) is 0.763. The first-order valence-corrected chi connectivity index (χ1v) is 6.62. The summed E-state index contributed by atoms with van der Waals surface area (Å²) in [6.07, 6.45) is -0.510. The minimum absolute atomic E-state index is 0.215. The van der Waals surface area contributed by atoms with Crippen LogP contribution in [0.5, 0.6) is 0 Å². The van der Waals surface area contributed by atoms with Crippen molar-refractivity contribution in [3.05, 3.63) is 20.8 Å². The predicted octanol–water partition coefficient (Wildman–Crippen LogP) is 1.70. The lowest BCUT2D eigenvalue weighted by molar-refractivity contribution is -0.138. The average molecular weight is 335 g/mol. The van der Waals surface area contributed by atoms with Gasteiger partial charge in [-0.15, -0.1) is 11.3 Å². The molecule has 0 aliphatic rings. The van der Waals surface area contributed by atoms with Crippen molar-refractivity contribution < 1.29 is 19.5 Å². The number of rotatable bonds is 5. The van der Waals surface area contributed by atoms with E-state index in [1.807, 2.05) is 12.1 Å². The number of hydrogen-bond acceptors (Lipinski definition) is 4. The summed E-state index contributed by atoms with van der Waals surface area (Å²) < 4.78 is 0.956. The molecule has 0 atom stereocenters. The Bertz CT molecular complexity index is 460. The van der Waals surface area contributed by atoms with Crippen molar-refractivity contribution in [1.29, 1.82) is 0 Å². The number of amides is 3. The molecule has 0 aromatic carbocycles. The number of carboxylic acids is 1. The third-order valence-corrected chi connectivity index (χ3v) is 3.49. The lowest BCUT2D eigenvalue weighted by Crippen LogP contribution is -2.39. The molecule has 0 fully saturated rings. The molecule has 0 aliphatic heterocycles. The first-order chi connectivity index (χ1) is 8.47. The highest BCUT2D eigenvalue weighted by Gasteiger charge is 2.09. The van der Waals surface area contributed by atoms with Gasteiger partial charge >= 0.3 is 12.0 Å². The minimum atomic E-state index is -1.08. The summed E-state index contributed by atoms with van der Waals surface area (Å²) >= 11 is 4.77. The van der Waals surface area contributed by atoms with Crippen LogP contribution >= 0.6 is 27.3 Å². The van der Waals surface area contributed by atoms with E-state index in [-0.39, 0.29) is 12.8 Å². The summed E-state index contributed by atoms with van der Waals surface area (Å²) in [5.74, 6) is -1.68. The Labute approximate surface area is 116 Å². The van der Waals surface area contributed by atoms with Crippen molar-refractivity contribution in [2.45, 2.75) is 19.4 Å². The number of halogens is 1. The standard InChI is InChI=1S/C10H11BrN2O4S/c11-7-2-1-6(18-7)5-12-10(17)13-8(14)3-4-9(15)16/h1-2H,3-5H2,(H,15,16)(H2,12,13,14,17). The van der Waals surface area contributed by atoms with Crippen molar-refractivity contribution in [3.63, 3.8) is 0 Å². The molecular formula is C10H11BrN2O4S. The number of hydrogen-bond donors (Lipinski definition) is 3. The van der Waals surface area contributed by atoms with Crippen molar-refractivity contribution >= 4 is 45.2 Å². The second-order valence-electron chi connectivity index (χ2n) is 3.33. The number of carboxylic acid groups (broad SMARTS) is 1. The molecule has 0 bridgehead atoms. The zero-order valence-electron chi connectivity index (χ0n) is 9.23. The average Bonchev–Trinajstić information content (AvgIpc) is 2.70. The number of nitrogens with one attached hydrogen (secondary N) is 2. The minimum Gasteiger partial charge on any atom is -0.481 e. The molecule has 8 heteroatoms. The van der Waals surface area contributed by atoms with Gasteiger partial charge in [-0.25, -0.2) is 4.79 Å². The molecule has 0 spiro atoms. The van der Waals surface area contributed by atoms with E-state index in [0.29, 0.717) is 6.54 Å². The van der Waals surface area contributed by atoms with Gasteiger partial charge in [0.1, 0.15) is 0 Å². The molecule has 1 aromatic rings. The van der Waals surface area contributed by atoms with Crippen LogP contribution in [0, 0.1) is 0 Å². The topological polar surface area (TPSA) is 95.5 Å². The highest BCUT2D eigenvalue weighted by Crippen LogP contribution is 2.21. The lowest BCUT2D eigenvalue weighted by Gasteiger charge is -2.04. The molecule has 0 saturated carbocycles. The fourth-order valence-electron chi connectivity index (χ4n) is 1.07. The van der Waals surface area contributed by atoms with Crippen LogP contribution in [-0.2, 0) is 16.1 Å². The van der Waals surface area contributed by atoms with Crippen LogP contribution in [0.2, 0.25) is 0 Å². The Kier molecular flexibility index (Phi) is 5.79. The van der Waals surface area contributed by atoms with E-state index in [9.17, 15) is 14.4 Å². The van der Waals surface area contributed by atoms with Crippen LogP contribution in [0.4, 0.5) is 4.79 Å². The molecule has 98 valence electrons. The Balaban J connectivity index is 2.25. The molecule has 1 aromatic heterocycles. The van der Waals surface area contributed by atoms with E-state index in [4.69, 9.17) is 5.11 Å². The van der Waals surface area contributed by atoms with Gasteiger partial charge in [0.05, 0.1) is 16.8 Å². The monoisotopic (exact) mass is 334 g/mol. The third kappa shape index (κ3) is 5.78. The number of imide groups is 1. The third-order valence-electron chi connectivity index (χ3n) is 1.87. The largest absolute Gasteiger partial charge is 0.481 e. The summed E-state index contributed by atoms with van der Waals surface area (Å²) in [7, 11) is 0. The number of aliphatic carboxylic acids is 1. The smallest absolute Gasteiger partial charge is 0.321 e. The predicted molar refractivity (Wildman–Crippen MR) is 69.3 cm³/mol. The molecule has 6 nitrogen and oxygen atoms in total. The summed E-state index contributed by atoms with van der Waals surface area (Å²) in [4.78, 5) is 33.6. The van der Waals surface area contributed by atoms with E-state index < -0.39 is 17.9 Å². The van der Waals surface area contributed by atoms with Gasteiger partial charge < -0.3 is 10.4 Å². The Morgan fingerprint density at radius 1 is 1.28 bits per heavy atom. The molecule has 0 aliphatic carbocycles. The Morgan fingerprint density at radius 3 is 2.56 bits per heavy atom. The van der Waals surface area contributed by atoms with Gasteiger partial charge in [0.15, 0.2) is 0 Å². The molecule has 18 heavy (non-hydrogen) atoms. The lowest BCUT2D eigenvalue weighted by atomic mass is 10.3. The Hall–Kier alpha value is -1.41. The van der Waals surface area contributed by atoms with E-state index >= 15 is 0 Å². The second-order valence-corrected chi connectivity index (χ2v) is 5.88. The highest BCUT2D eigenvalue weighted by molar-refractivity contribution is 9.11. The van der Waals surface area contributed by atoms with E-state index in [1.54, 1.807) is 0 Å². The van der Waals surface area contributed by atoms with Gasteiger partial charge in [-0.05, 0) is 28.1 Å². The number of carbonyl (C=O) groups excluding carboxylic acids is 2. The summed E-state index contributed by atoms with van der Waals surface area (Å²) in [5.41, 5.74) is 0. The van der Waals surface area contributed by atoms with Crippen LogP contribution in [0.25, 0.3) is 0 Å². The van der Waals surface area contributed by atoms with Crippen LogP contribution in [0.1, 0.15) is 17.7 Å². The van der Waals surface area contributed by atoms with Crippen molar-refractivity contribution in [3.8, 4) is 0 Å². The molecular weight excluding hydrogens is 324 g/mol. The Morgan fingerprint density at radius 2 is 2.00 bits per heavy atom. The van der Waals surface area contributed by atoms with Gasteiger partial charge in [0, 0.05) is 11.3 Å². The van der Waals surface area contributed by atoms with Crippen LogP contribution in [0.3, 0.4) is 0 Å². The van der Waals surface area contributed by atoms with Gasteiger partial charge in [0.25, 0.3) is 0 Å².